The second kappa shape index (κ2) is 6.29. The highest BCUT2D eigenvalue weighted by Gasteiger charge is 2.48. The molecule has 0 N–H and O–H groups in total. The van der Waals surface area contributed by atoms with E-state index in [0.29, 0.717) is 21.4 Å². The number of aromatic nitrogens is 1. The fourth-order valence-corrected chi connectivity index (χ4v) is 7.20. The fourth-order valence-electron chi connectivity index (χ4n) is 3.72. The largest absolute Gasteiger partial charge is 0.489 e. The second-order valence-electron chi connectivity index (χ2n) is 6.18. The van der Waals surface area contributed by atoms with Gasteiger partial charge in [-0.3, -0.25) is 4.98 Å². The molecule has 0 aromatic carbocycles. The van der Waals surface area contributed by atoms with Crippen molar-refractivity contribution >= 4 is 33.0 Å². The number of hydrogen-bond donors (Lipinski definition) is 0. The first kappa shape index (κ1) is 16.3. The van der Waals surface area contributed by atoms with Crippen LogP contribution in [0.4, 0.5) is 0 Å². The maximum atomic E-state index is 13.0. The van der Waals surface area contributed by atoms with Crippen LogP contribution in [0.3, 0.4) is 0 Å². The summed E-state index contributed by atoms with van der Waals surface area (Å²) in [6.07, 6.45) is 6.63. The lowest BCUT2D eigenvalue weighted by Gasteiger charge is -2.37. The van der Waals surface area contributed by atoms with Gasteiger partial charge in [0.1, 0.15) is 16.1 Å². The normalized spacial score (nSPS) is 27.3. The number of piperidine rings is 1. The van der Waals surface area contributed by atoms with Crippen molar-refractivity contribution in [3.63, 3.8) is 0 Å². The van der Waals surface area contributed by atoms with Gasteiger partial charge in [0.2, 0.25) is 0 Å². The molecule has 8 heteroatoms. The van der Waals surface area contributed by atoms with Gasteiger partial charge in [-0.05, 0) is 37.1 Å². The van der Waals surface area contributed by atoms with Crippen molar-refractivity contribution in [1.29, 1.82) is 0 Å². The van der Waals surface area contributed by atoms with Crippen molar-refractivity contribution in [2.75, 3.05) is 0 Å². The second-order valence-corrected chi connectivity index (χ2v) is 9.96. The number of sulfonamides is 1. The zero-order valence-electron chi connectivity index (χ0n) is 12.8. The van der Waals surface area contributed by atoms with Gasteiger partial charge in [-0.1, -0.05) is 11.6 Å². The highest BCUT2D eigenvalue weighted by Crippen LogP contribution is 2.42. The lowest BCUT2D eigenvalue weighted by Crippen LogP contribution is -2.48. The smallest absolute Gasteiger partial charge is 0.253 e. The Morgan fingerprint density at radius 3 is 2.54 bits per heavy atom. The monoisotopic (exact) mass is 384 g/mol. The molecule has 2 fully saturated rings. The van der Waals surface area contributed by atoms with Crippen LogP contribution < -0.4 is 4.74 Å². The van der Waals surface area contributed by atoms with Crippen molar-refractivity contribution in [1.82, 2.24) is 9.29 Å². The van der Waals surface area contributed by atoms with E-state index in [-0.39, 0.29) is 18.2 Å². The Kier molecular flexibility index (Phi) is 4.28. The van der Waals surface area contributed by atoms with E-state index in [9.17, 15) is 8.42 Å². The third-order valence-electron chi connectivity index (χ3n) is 4.64. The highest BCUT2D eigenvalue weighted by atomic mass is 35.5. The summed E-state index contributed by atoms with van der Waals surface area (Å²) >= 11 is 7.04. The standard InChI is InChI=1S/C16H17ClN2O3S2/c17-15-5-6-16(23-15)24(20,21)19-11-3-4-12(19)9-14(8-11)22-13-2-1-7-18-10-13/h1-2,5-7,10-12,14H,3-4,8-9H2. The van der Waals surface area contributed by atoms with Gasteiger partial charge in [-0.25, -0.2) is 8.42 Å². The minimum Gasteiger partial charge on any atom is -0.489 e. The summed E-state index contributed by atoms with van der Waals surface area (Å²) in [5, 5.41) is 0. The number of pyridine rings is 1. The first-order valence-corrected chi connectivity index (χ1v) is 10.5. The number of hydrogen-bond acceptors (Lipinski definition) is 5. The molecule has 4 rings (SSSR count). The number of nitrogens with zero attached hydrogens (tertiary/aromatic N) is 2. The van der Waals surface area contributed by atoms with Crippen LogP contribution in [-0.4, -0.2) is 35.9 Å². The lowest BCUT2D eigenvalue weighted by atomic mass is 10.0. The molecular formula is C16H17ClN2O3S2. The molecule has 128 valence electrons. The number of rotatable bonds is 4. The molecule has 0 radical (unpaired) electrons. The lowest BCUT2D eigenvalue weighted by molar-refractivity contribution is 0.0954. The van der Waals surface area contributed by atoms with E-state index >= 15 is 0 Å². The van der Waals surface area contributed by atoms with Gasteiger partial charge in [0, 0.05) is 31.1 Å². The Bertz CT molecular complexity index is 811. The van der Waals surface area contributed by atoms with Crippen molar-refractivity contribution in [3.05, 3.63) is 41.0 Å². The SMILES string of the molecule is O=S(=O)(c1ccc(Cl)s1)N1C2CCC1CC(Oc1cccnc1)C2. The molecule has 0 aliphatic carbocycles. The predicted octanol–water partition coefficient (Wildman–Crippen LogP) is 3.56. The Balaban J connectivity index is 1.53. The topological polar surface area (TPSA) is 59.5 Å². The average Bonchev–Trinajstić information content (AvgIpc) is 3.11. The van der Waals surface area contributed by atoms with Gasteiger partial charge in [0.25, 0.3) is 10.0 Å². The molecule has 2 aromatic rings. The fraction of sp³-hybridized carbons (Fsp3) is 0.438. The molecule has 0 saturated carbocycles. The molecule has 24 heavy (non-hydrogen) atoms. The molecule has 2 aliphatic heterocycles. The Labute approximate surface area is 150 Å². The van der Waals surface area contributed by atoms with Gasteiger partial charge in [0.15, 0.2) is 0 Å². The van der Waals surface area contributed by atoms with Crippen LogP contribution >= 0.6 is 22.9 Å². The average molecular weight is 385 g/mol. The van der Waals surface area contributed by atoms with Crippen molar-refractivity contribution in [2.24, 2.45) is 0 Å². The maximum absolute atomic E-state index is 13.0. The minimum absolute atomic E-state index is 0.00343. The summed E-state index contributed by atoms with van der Waals surface area (Å²) < 4.78 is 34.4. The van der Waals surface area contributed by atoms with Crippen LogP contribution in [0.15, 0.2) is 40.9 Å². The molecule has 2 aromatic heterocycles. The molecule has 5 nitrogen and oxygen atoms in total. The molecular weight excluding hydrogens is 368 g/mol. The summed E-state index contributed by atoms with van der Waals surface area (Å²) in [5.74, 6) is 0.739. The first-order chi connectivity index (χ1) is 11.5. The van der Waals surface area contributed by atoms with E-state index < -0.39 is 10.0 Å². The molecule has 0 amide bonds. The van der Waals surface area contributed by atoms with Crippen molar-refractivity contribution < 1.29 is 13.2 Å². The van der Waals surface area contributed by atoms with Crippen LogP contribution in [0.5, 0.6) is 5.75 Å². The summed E-state index contributed by atoms with van der Waals surface area (Å²) in [5.41, 5.74) is 0. The van der Waals surface area contributed by atoms with Crippen LogP contribution in [0.1, 0.15) is 25.7 Å². The van der Waals surface area contributed by atoms with Crippen molar-refractivity contribution in [3.8, 4) is 5.75 Å². The summed E-state index contributed by atoms with van der Waals surface area (Å²) in [4.78, 5) is 4.06. The first-order valence-electron chi connectivity index (χ1n) is 7.89. The minimum atomic E-state index is -3.47. The van der Waals surface area contributed by atoms with Gasteiger partial charge < -0.3 is 4.74 Å². The van der Waals surface area contributed by atoms with E-state index in [1.807, 2.05) is 12.1 Å². The molecule has 2 bridgehead atoms. The van der Waals surface area contributed by atoms with E-state index in [1.165, 1.54) is 0 Å². The highest BCUT2D eigenvalue weighted by molar-refractivity contribution is 7.91. The predicted molar refractivity (Wildman–Crippen MR) is 93.1 cm³/mol. The van der Waals surface area contributed by atoms with Crippen LogP contribution in [0.25, 0.3) is 0 Å². The van der Waals surface area contributed by atoms with Crippen LogP contribution in [-0.2, 0) is 10.0 Å². The third kappa shape index (κ3) is 2.94. The zero-order chi connectivity index (χ0) is 16.7. The van der Waals surface area contributed by atoms with Crippen LogP contribution in [0, 0.1) is 0 Å². The quantitative estimate of drug-likeness (QED) is 0.808. The van der Waals surface area contributed by atoms with Gasteiger partial charge >= 0.3 is 0 Å². The number of halogens is 1. The number of fused-ring (bicyclic) bond motifs is 2. The third-order valence-corrected chi connectivity index (χ3v) is 8.34. The Morgan fingerprint density at radius 2 is 1.96 bits per heavy atom. The molecule has 2 saturated heterocycles. The Morgan fingerprint density at radius 1 is 1.21 bits per heavy atom. The summed E-state index contributed by atoms with van der Waals surface area (Å²) in [6.45, 7) is 0. The number of ether oxygens (including phenoxy) is 1. The summed E-state index contributed by atoms with van der Waals surface area (Å²) in [7, 11) is -3.47. The van der Waals surface area contributed by atoms with E-state index in [4.69, 9.17) is 16.3 Å². The molecule has 2 unspecified atom stereocenters. The van der Waals surface area contributed by atoms with Crippen LogP contribution in [0.2, 0.25) is 4.34 Å². The molecule has 2 aliphatic rings. The molecule has 0 spiro atoms. The molecule has 2 atom stereocenters. The maximum Gasteiger partial charge on any atom is 0.253 e. The van der Waals surface area contributed by atoms with E-state index in [2.05, 4.69) is 4.98 Å². The molecule has 4 heterocycles. The zero-order valence-corrected chi connectivity index (χ0v) is 15.2. The van der Waals surface area contributed by atoms with E-state index in [1.54, 1.807) is 28.8 Å². The summed E-state index contributed by atoms with van der Waals surface area (Å²) in [6, 6.07) is 6.95. The van der Waals surface area contributed by atoms with Crippen molar-refractivity contribution in [2.45, 2.75) is 48.1 Å². The Hall–Kier alpha value is -1.15. The van der Waals surface area contributed by atoms with Gasteiger partial charge in [-0.15, -0.1) is 11.3 Å². The van der Waals surface area contributed by atoms with Gasteiger partial charge in [-0.2, -0.15) is 4.31 Å². The van der Waals surface area contributed by atoms with E-state index in [0.717, 1.165) is 29.9 Å². The van der Waals surface area contributed by atoms with Gasteiger partial charge in [0.05, 0.1) is 10.5 Å². The number of thiophene rings is 1.